The number of thiophene rings is 1. The Kier molecular flexibility index (Phi) is 6.72. The van der Waals surface area contributed by atoms with E-state index in [0.29, 0.717) is 6.54 Å². The van der Waals surface area contributed by atoms with Gasteiger partial charge < -0.3 is 10.1 Å². The van der Waals surface area contributed by atoms with Crippen molar-refractivity contribution in [3.8, 4) is 11.1 Å². The quantitative estimate of drug-likeness (QED) is 0.570. The van der Waals surface area contributed by atoms with E-state index in [0.717, 1.165) is 49.4 Å². The Morgan fingerprint density at radius 3 is 2.66 bits per heavy atom. The Balaban J connectivity index is 1.45. The predicted molar refractivity (Wildman–Crippen MR) is 119 cm³/mol. The maximum Gasteiger partial charge on any atom is 0.238 e. The summed E-state index contributed by atoms with van der Waals surface area (Å²) in [6.45, 7) is 2.73. The molecule has 29 heavy (non-hydrogen) atoms. The maximum absolute atomic E-state index is 12.9. The summed E-state index contributed by atoms with van der Waals surface area (Å²) < 4.78 is 5.81. The molecule has 3 aromatic rings. The van der Waals surface area contributed by atoms with E-state index in [2.05, 4.69) is 39.9 Å². The molecule has 5 heteroatoms. The van der Waals surface area contributed by atoms with E-state index in [1.807, 2.05) is 42.5 Å². The molecule has 1 amide bonds. The van der Waals surface area contributed by atoms with Crippen LogP contribution < -0.4 is 5.32 Å². The first-order chi connectivity index (χ1) is 14.3. The molecule has 0 saturated carbocycles. The number of ether oxygens (including phenoxy) is 1. The lowest BCUT2D eigenvalue weighted by atomic mass is 10.0. The molecule has 0 bridgehead atoms. The van der Waals surface area contributed by atoms with Crippen molar-refractivity contribution in [2.45, 2.75) is 25.5 Å². The van der Waals surface area contributed by atoms with Crippen molar-refractivity contribution in [3.05, 3.63) is 77.0 Å². The molecule has 1 saturated heterocycles. The van der Waals surface area contributed by atoms with E-state index in [9.17, 15) is 4.79 Å². The standard InChI is InChI=1S/C24H26N2O2S/c27-24(25-23-13-5-4-12-22(23)19-8-2-1-3-9-19)18-26(16-20-10-6-14-28-20)17-21-11-7-15-29-21/h1-5,7-9,11-13,15,20H,6,10,14,16-18H2,(H,25,27). The summed E-state index contributed by atoms with van der Waals surface area (Å²) >= 11 is 1.73. The number of hydrogen-bond donors (Lipinski definition) is 1. The van der Waals surface area contributed by atoms with Gasteiger partial charge in [-0.2, -0.15) is 0 Å². The van der Waals surface area contributed by atoms with Crippen molar-refractivity contribution in [1.29, 1.82) is 0 Å². The lowest BCUT2D eigenvalue weighted by Gasteiger charge is -2.24. The fourth-order valence-electron chi connectivity index (χ4n) is 3.74. The lowest BCUT2D eigenvalue weighted by Crippen LogP contribution is -2.37. The first-order valence-electron chi connectivity index (χ1n) is 10.1. The van der Waals surface area contributed by atoms with Crippen molar-refractivity contribution in [1.82, 2.24) is 4.90 Å². The van der Waals surface area contributed by atoms with Gasteiger partial charge >= 0.3 is 0 Å². The molecule has 4 nitrogen and oxygen atoms in total. The molecule has 0 radical (unpaired) electrons. The Bertz CT molecular complexity index is 906. The smallest absolute Gasteiger partial charge is 0.238 e. The summed E-state index contributed by atoms with van der Waals surface area (Å²) in [5.41, 5.74) is 2.97. The van der Waals surface area contributed by atoms with Crippen LogP contribution in [-0.2, 0) is 16.1 Å². The van der Waals surface area contributed by atoms with E-state index in [1.54, 1.807) is 11.3 Å². The van der Waals surface area contributed by atoms with Crippen molar-refractivity contribution in [2.24, 2.45) is 0 Å². The van der Waals surface area contributed by atoms with E-state index in [4.69, 9.17) is 4.74 Å². The zero-order valence-electron chi connectivity index (χ0n) is 16.4. The van der Waals surface area contributed by atoms with Gasteiger partial charge in [0.15, 0.2) is 0 Å². The third kappa shape index (κ3) is 5.54. The first kappa shape index (κ1) is 19.8. The fraction of sp³-hybridized carbons (Fsp3) is 0.292. The summed E-state index contributed by atoms with van der Waals surface area (Å²) in [4.78, 5) is 16.4. The number of amides is 1. The van der Waals surface area contributed by atoms with Crippen molar-refractivity contribution < 1.29 is 9.53 Å². The van der Waals surface area contributed by atoms with Gasteiger partial charge in [-0.25, -0.2) is 0 Å². The van der Waals surface area contributed by atoms with Crippen LogP contribution in [0, 0.1) is 0 Å². The molecule has 1 fully saturated rings. The van der Waals surface area contributed by atoms with Crippen LogP contribution in [0.15, 0.2) is 72.1 Å². The van der Waals surface area contributed by atoms with Crippen LogP contribution in [0.4, 0.5) is 5.69 Å². The minimum Gasteiger partial charge on any atom is -0.377 e. The van der Waals surface area contributed by atoms with Crippen LogP contribution in [0.25, 0.3) is 11.1 Å². The van der Waals surface area contributed by atoms with Crippen molar-refractivity contribution in [2.75, 3.05) is 25.0 Å². The summed E-state index contributed by atoms with van der Waals surface area (Å²) in [5, 5.41) is 5.21. The molecule has 1 aliphatic heterocycles. The van der Waals surface area contributed by atoms with Gasteiger partial charge in [0.1, 0.15) is 0 Å². The first-order valence-corrected chi connectivity index (χ1v) is 11.0. The number of para-hydroxylation sites is 1. The predicted octanol–water partition coefficient (Wildman–Crippen LogP) is 5.03. The molecular formula is C24H26N2O2S. The largest absolute Gasteiger partial charge is 0.377 e. The summed E-state index contributed by atoms with van der Waals surface area (Å²) in [6.07, 6.45) is 2.40. The average Bonchev–Trinajstić information content (AvgIpc) is 3.43. The van der Waals surface area contributed by atoms with E-state index >= 15 is 0 Å². The Morgan fingerprint density at radius 1 is 1.07 bits per heavy atom. The Labute approximate surface area is 176 Å². The highest BCUT2D eigenvalue weighted by Gasteiger charge is 2.21. The van der Waals surface area contributed by atoms with Gasteiger partial charge in [-0.15, -0.1) is 11.3 Å². The normalized spacial score (nSPS) is 16.2. The SMILES string of the molecule is O=C(CN(Cc1cccs1)CC1CCCO1)Nc1ccccc1-c1ccccc1. The molecule has 0 aliphatic carbocycles. The second-order valence-electron chi connectivity index (χ2n) is 7.34. The summed E-state index contributed by atoms with van der Waals surface area (Å²) in [5.74, 6) is 0.00272. The van der Waals surface area contributed by atoms with Crippen LogP contribution in [0.5, 0.6) is 0 Å². The van der Waals surface area contributed by atoms with E-state index in [1.165, 1.54) is 4.88 Å². The molecule has 4 rings (SSSR count). The van der Waals surface area contributed by atoms with Crippen LogP contribution in [0.2, 0.25) is 0 Å². The molecule has 150 valence electrons. The maximum atomic E-state index is 12.9. The molecule has 1 unspecified atom stereocenters. The van der Waals surface area contributed by atoms with Gasteiger partial charge in [0, 0.05) is 35.8 Å². The third-order valence-corrected chi connectivity index (χ3v) is 5.96. The Morgan fingerprint density at radius 2 is 1.90 bits per heavy atom. The number of anilines is 1. The Hall–Kier alpha value is -2.47. The number of carbonyl (C=O) groups excluding carboxylic acids is 1. The van der Waals surface area contributed by atoms with Crippen LogP contribution in [-0.4, -0.2) is 36.6 Å². The second kappa shape index (κ2) is 9.83. The van der Waals surface area contributed by atoms with E-state index < -0.39 is 0 Å². The number of nitrogens with one attached hydrogen (secondary N) is 1. The lowest BCUT2D eigenvalue weighted by molar-refractivity contribution is -0.117. The van der Waals surface area contributed by atoms with Crippen LogP contribution in [0.1, 0.15) is 17.7 Å². The zero-order valence-corrected chi connectivity index (χ0v) is 17.2. The van der Waals surface area contributed by atoms with Gasteiger partial charge in [0.25, 0.3) is 0 Å². The molecule has 1 N–H and O–H groups in total. The van der Waals surface area contributed by atoms with Gasteiger partial charge in [0.2, 0.25) is 5.91 Å². The van der Waals surface area contributed by atoms with Crippen LogP contribution >= 0.6 is 11.3 Å². The molecule has 1 atom stereocenters. The van der Waals surface area contributed by atoms with Crippen LogP contribution in [0.3, 0.4) is 0 Å². The molecule has 2 heterocycles. The number of nitrogens with zero attached hydrogens (tertiary/aromatic N) is 1. The van der Waals surface area contributed by atoms with E-state index in [-0.39, 0.29) is 12.0 Å². The minimum absolute atomic E-state index is 0.00272. The summed E-state index contributed by atoms with van der Waals surface area (Å²) in [7, 11) is 0. The number of rotatable bonds is 8. The highest BCUT2D eigenvalue weighted by molar-refractivity contribution is 7.09. The fourth-order valence-corrected chi connectivity index (χ4v) is 4.48. The topological polar surface area (TPSA) is 41.6 Å². The molecular weight excluding hydrogens is 380 g/mol. The number of benzene rings is 2. The number of hydrogen-bond acceptors (Lipinski definition) is 4. The van der Waals surface area contributed by atoms with Crippen molar-refractivity contribution >= 4 is 22.9 Å². The van der Waals surface area contributed by atoms with Gasteiger partial charge in [-0.05, 0) is 35.9 Å². The summed E-state index contributed by atoms with van der Waals surface area (Å²) in [6, 6.07) is 22.3. The second-order valence-corrected chi connectivity index (χ2v) is 8.38. The molecule has 1 aliphatic rings. The highest BCUT2D eigenvalue weighted by Crippen LogP contribution is 2.27. The molecule has 0 spiro atoms. The zero-order chi connectivity index (χ0) is 19.9. The number of carbonyl (C=O) groups is 1. The average molecular weight is 407 g/mol. The van der Waals surface area contributed by atoms with Gasteiger partial charge in [0.05, 0.1) is 12.6 Å². The molecule has 2 aromatic carbocycles. The highest BCUT2D eigenvalue weighted by atomic mass is 32.1. The minimum atomic E-state index is 0.00272. The molecule has 1 aromatic heterocycles. The third-order valence-electron chi connectivity index (χ3n) is 5.10. The van der Waals surface area contributed by atoms with Gasteiger partial charge in [-0.3, -0.25) is 9.69 Å². The van der Waals surface area contributed by atoms with Gasteiger partial charge in [-0.1, -0.05) is 54.6 Å². The monoisotopic (exact) mass is 406 g/mol. The van der Waals surface area contributed by atoms with Crippen molar-refractivity contribution in [3.63, 3.8) is 0 Å².